The van der Waals surface area contributed by atoms with Crippen molar-refractivity contribution >= 4 is 28.1 Å². The first-order chi connectivity index (χ1) is 9.56. The molecule has 0 aliphatic rings. The molecule has 100 valence electrons. The molecule has 0 atom stereocenters. The second-order valence-corrected chi connectivity index (χ2v) is 5.40. The number of benzene rings is 1. The molecule has 1 aromatic carbocycles. The number of rotatable bonds is 3. The summed E-state index contributed by atoms with van der Waals surface area (Å²) in [5.41, 5.74) is 2.00. The van der Waals surface area contributed by atoms with Gasteiger partial charge in [0.25, 0.3) is 0 Å². The number of thiazole rings is 1. The molecule has 0 aliphatic heterocycles. The lowest BCUT2D eigenvalue weighted by Gasteiger charge is -2.00. The van der Waals surface area contributed by atoms with Crippen molar-refractivity contribution in [2.75, 3.05) is 0 Å². The highest BCUT2D eigenvalue weighted by Gasteiger charge is 2.18. The molecule has 0 saturated heterocycles. The number of hydrogen-bond acceptors (Lipinski definition) is 4. The van der Waals surface area contributed by atoms with E-state index in [0.717, 1.165) is 16.9 Å². The number of aromatic nitrogens is 2. The van der Waals surface area contributed by atoms with E-state index in [-0.39, 0.29) is 10.7 Å². The van der Waals surface area contributed by atoms with Crippen molar-refractivity contribution in [3.8, 4) is 0 Å². The molecule has 6 heteroatoms. The minimum absolute atomic E-state index is 0.158. The molecule has 2 heterocycles. The number of carboxylic acids is 1. The van der Waals surface area contributed by atoms with Crippen LogP contribution in [0.4, 0.5) is 0 Å². The van der Waals surface area contributed by atoms with E-state index in [4.69, 9.17) is 5.11 Å². The number of fused-ring (bicyclic) bond motifs is 1. The van der Waals surface area contributed by atoms with E-state index < -0.39 is 5.97 Å². The van der Waals surface area contributed by atoms with Crippen LogP contribution in [0.3, 0.4) is 0 Å². The van der Waals surface area contributed by atoms with E-state index in [2.05, 4.69) is 4.98 Å². The molecule has 0 aliphatic carbocycles. The molecule has 3 aromatic rings. The maximum atomic E-state index is 12.4. The van der Waals surface area contributed by atoms with Gasteiger partial charge in [0.2, 0.25) is 5.78 Å². The zero-order chi connectivity index (χ0) is 14.3. The first-order valence-electron chi connectivity index (χ1n) is 5.88. The number of carbonyl (C=O) groups excluding carboxylic acids is 1. The van der Waals surface area contributed by atoms with Crippen molar-refractivity contribution in [2.24, 2.45) is 0 Å². The van der Waals surface area contributed by atoms with E-state index in [1.807, 2.05) is 19.1 Å². The normalized spacial score (nSPS) is 10.8. The van der Waals surface area contributed by atoms with Crippen molar-refractivity contribution in [2.45, 2.75) is 6.92 Å². The highest BCUT2D eigenvalue weighted by atomic mass is 32.1. The predicted octanol–water partition coefficient (Wildman–Crippen LogP) is 2.63. The molecule has 0 bridgehead atoms. The molecule has 0 unspecified atom stereocenters. The Bertz CT molecular complexity index is 815. The summed E-state index contributed by atoms with van der Waals surface area (Å²) in [6.45, 7) is 1.95. The van der Waals surface area contributed by atoms with Gasteiger partial charge in [-0.3, -0.25) is 9.20 Å². The minimum Gasteiger partial charge on any atom is -0.477 e. The Kier molecular flexibility index (Phi) is 2.87. The lowest BCUT2D eigenvalue weighted by molar-refractivity contribution is 0.0701. The molecule has 0 spiro atoms. The number of aryl methyl sites for hydroxylation is 1. The SMILES string of the molecule is Cc1ccc(C(=O)c2cnc3sc(C(=O)O)cn23)cc1. The van der Waals surface area contributed by atoms with Crippen LogP contribution in [0.2, 0.25) is 0 Å². The Morgan fingerprint density at radius 2 is 1.95 bits per heavy atom. The summed E-state index contributed by atoms with van der Waals surface area (Å²) in [5.74, 6) is -1.19. The molecule has 2 aromatic heterocycles. The summed E-state index contributed by atoms with van der Waals surface area (Å²) in [7, 11) is 0. The molecule has 5 nitrogen and oxygen atoms in total. The third-order valence-corrected chi connectivity index (χ3v) is 3.95. The van der Waals surface area contributed by atoms with Crippen LogP contribution in [0, 0.1) is 6.92 Å². The van der Waals surface area contributed by atoms with E-state index in [0.29, 0.717) is 16.2 Å². The molecular formula is C14H10N2O3S. The fraction of sp³-hybridized carbons (Fsp3) is 0.0714. The van der Waals surface area contributed by atoms with E-state index in [1.165, 1.54) is 16.8 Å². The topological polar surface area (TPSA) is 71.7 Å². The van der Waals surface area contributed by atoms with Gasteiger partial charge in [-0.15, -0.1) is 0 Å². The molecule has 3 rings (SSSR count). The fourth-order valence-corrected chi connectivity index (χ4v) is 2.70. The molecule has 0 fully saturated rings. The van der Waals surface area contributed by atoms with Gasteiger partial charge >= 0.3 is 5.97 Å². The second-order valence-electron chi connectivity index (χ2n) is 4.39. The number of nitrogens with zero attached hydrogens (tertiary/aromatic N) is 2. The van der Waals surface area contributed by atoms with E-state index in [9.17, 15) is 9.59 Å². The molecule has 0 saturated carbocycles. The Labute approximate surface area is 118 Å². The number of carboxylic acid groups (broad SMARTS) is 1. The third-order valence-electron chi connectivity index (χ3n) is 2.97. The van der Waals surface area contributed by atoms with Gasteiger partial charge in [-0.1, -0.05) is 41.2 Å². The second kappa shape index (κ2) is 4.57. The number of aromatic carboxylic acids is 1. The average molecular weight is 286 g/mol. The van der Waals surface area contributed by atoms with Crippen LogP contribution in [-0.2, 0) is 0 Å². The van der Waals surface area contributed by atoms with Crippen molar-refractivity contribution in [1.82, 2.24) is 9.38 Å². The Morgan fingerprint density at radius 3 is 2.60 bits per heavy atom. The lowest BCUT2D eigenvalue weighted by Crippen LogP contribution is -2.04. The van der Waals surface area contributed by atoms with Crippen LogP contribution in [0.15, 0.2) is 36.7 Å². The number of ketones is 1. The van der Waals surface area contributed by atoms with Crippen molar-refractivity contribution in [3.05, 3.63) is 58.4 Å². The maximum absolute atomic E-state index is 12.4. The minimum atomic E-state index is -1.02. The summed E-state index contributed by atoms with van der Waals surface area (Å²) in [4.78, 5) is 28.1. The van der Waals surface area contributed by atoms with Crippen LogP contribution in [-0.4, -0.2) is 26.2 Å². The van der Waals surface area contributed by atoms with Gasteiger partial charge in [-0.25, -0.2) is 9.78 Å². The smallest absolute Gasteiger partial charge is 0.347 e. The Hall–Kier alpha value is -2.47. The van der Waals surface area contributed by atoms with Gasteiger partial charge in [0.1, 0.15) is 10.6 Å². The molecular weight excluding hydrogens is 276 g/mol. The zero-order valence-electron chi connectivity index (χ0n) is 10.5. The van der Waals surface area contributed by atoms with Crippen LogP contribution in [0.5, 0.6) is 0 Å². The highest BCUT2D eigenvalue weighted by molar-refractivity contribution is 7.18. The van der Waals surface area contributed by atoms with Gasteiger partial charge in [0.15, 0.2) is 4.96 Å². The summed E-state index contributed by atoms with van der Waals surface area (Å²) in [5, 5.41) is 8.97. The quantitative estimate of drug-likeness (QED) is 0.751. The van der Waals surface area contributed by atoms with Gasteiger partial charge in [-0.05, 0) is 6.92 Å². The lowest BCUT2D eigenvalue weighted by atomic mass is 10.1. The van der Waals surface area contributed by atoms with E-state index >= 15 is 0 Å². The van der Waals surface area contributed by atoms with E-state index in [1.54, 1.807) is 12.1 Å². The number of carbonyl (C=O) groups is 2. The van der Waals surface area contributed by atoms with Gasteiger partial charge in [-0.2, -0.15) is 0 Å². The van der Waals surface area contributed by atoms with Gasteiger partial charge < -0.3 is 5.11 Å². The summed E-state index contributed by atoms with van der Waals surface area (Å²) in [6.07, 6.45) is 2.90. The van der Waals surface area contributed by atoms with Crippen LogP contribution in [0.1, 0.15) is 31.3 Å². The first kappa shape index (κ1) is 12.6. The zero-order valence-corrected chi connectivity index (χ0v) is 11.3. The van der Waals surface area contributed by atoms with Crippen LogP contribution in [0.25, 0.3) is 4.96 Å². The average Bonchev–Trinajstić information content (AvgIpc) is 2.98. The van der Waals surface area contributed by atoms with Gasteiger partial charge in [0.05, 0.1) is 6.20 Å². The molecule has 0 amide bonds. The largest absolute Gasteiger partial charge is 0.477 e. The number of hydrogen-bond donors (Lipinski definition) is 1. The fourth-order valence-electron chi connectivity index (χ4n) is 1.91. The van der Waals surface area contributed by atoms with Gasteiger partial charge in [0, 0.05) is 11.8 Å². The summed E-state index contributed by atoms with van der Waals surface area (Å²) < 4.78 is 1.52. The Balaban J connectivity index is 2.07. The molecule has 20 heavy (non-hydrogen) atoms. The maximum Gasteiger partial charge on any atom is 0.347 e. The molecule has 0 radical (unpaired) electrons. The van der Waals surface area contributed by atoms with Crippen molar-refractivity contribution in [3.63, 3.8) is 0 Å². The Morgan fingerprint density at radius 1 is 1.25 bits per heavy atom. The summed E-state index contributed by atoms with van der Waals surface area (Å²) >= 11 is 1.04. The standard InChI is InChI=1S/C14H10N2O3S/c1-8-2-4-9(5-3-8)12(17)10-6-15-14-16(10)7-11(20-14)13(18)19/h2-7H,1H3,(H,18,19). The van der Waals surface area contributed by atoms with Crippen molar-refractivity contribution in [1.29, 1.82) is 0 Å². The summed E-state index contributed by atoms with van der Waals surface area (Å²) in [6, 6.07) is 7.23. The predicted molar refractivity (Wildman–Crippen MR) is 74.6 cm³/mol. The monoisotopic (exact) mass is 286 g/mol. The third kappa shape index (κ3) is 2.00. The van der Waals surface area contributed by atoms with Crippen molar-refractivity contribution < 1.29 is 14.7 Å². The van der Waals surface area contributed by atoms with Crippen LogP contribution >= 0.6 is 11.3 Å². The number of imidazole rings is 1. The molecule has 1 N–H and O–H groups in total. The first-order valence-corrected chi connectivity index (χ1v) is 6.69. The highest BCUT2D eigenvalue weighted by Crippen LogP contribution is 2.20. The van der Waals surface area contributed by atoms with Crippen LogP contribution < -0.4 is 0 Å².